The van der Waals surface area contributed by atoms with E-state index in [0.29, 0.717) is 13.0 Å². The molecule has 0 aromatic carbocycles. The molecule has 1 aliphatic rings. The maximum atomic E-state index is 11.3. The zero-order chi connectivity index (χ0) is 11.5. The van der Waals surface area contributed by atoms with Gasteiger partial charge in [0.1, 0.15) is 6.04 Å². The van der Waals surface area contributed by atoms with Crippen molar-refractivity contribution in [1.29, 1.82) is 0 Å². The maximum Gasteiger partial charge on any atom is 0.346 e. The number of nitrogens with zero attached hydrogens (tertiary/aromatic N) is 1. The lowest BCUT2D eigenvalue weighted by Gasteiger charge is -2.32. The molecule has 7 nitrogen and oxygen atoms in total. The highest BCUT2D eigenvalue weighted by atomic mass is 32.2. The Morgan fingerprint density at radius 3 is 2.73 bits per heavy atom. The van der Waals surface area contributed by atoms with E-state index in [1.807, 2.05) is 4.83 Å². The molecule has 8 heteroatoms. The molecule has 0 amide bonds. The van der Waals surface area contributed by atoms with Gasteiger partial charge in [-0.05, 0) is 19.3 Å². The summed E-state index contributed by atoms with van der Waals surface area (Å²) in [5.41, 5.74) is 0. The third kappa shape index (κ3) is 3.74. The SMILES string of the molecule is COC(=O)C1CCCCN1NS(=O)(=O)O. The van der Waals surface area contributed by atoms with Crippen LogP contribution in [0.4, 0.5) is 0 Å². The van der Waals surface area contributed by atoms with Gasteiger partial charge in [-0.2, -0.15) is 8.42 Å². The molecule has 0 aromatic rings. The molecule has 1 saturated heterocycles. The average Bonchev–Trinajstić information content (AvgIpc) is 2.15. The lowest BCUT2D eigenvalue weighted by atomic mass is 10.0. The van der Waals surface area contributed by atoms with Gasteiger partial charge in [0.25, 0.3) is 0 Å². The van der Waals surface area contributed by atoms with E-state index in [4.69, 9.17) is 4.55 Å². The van der Waals surface area contributed by atoms with Crippen molar-refractivity contribution in [3.05, 3.63) is 0 Å². The second kappa shape index (κ2) is 4.88. The molecule has 0 bridgehead atoms. The Kier molecular flexibility index (Phi) is 4.03. The molecule has 88 valence electrons. The van der Waals surface area contributed by atoms with Crippen LogP contribution in [0.5, 0.6) is 0 Å². The molecule has 1 aliphatic heterocycles. The number of esters is 1. The number of carbonyl (C=O) groups excluding carboxylic acids is 1. The number of hydrogen-bond donors (Lipinski definition) is 2. The van der Waals surface area contributed by atoms with E-state index < -0.39 is 22.3 Å². The first-order chi connectivity index (χ1) is 6.94. The van der Waals surface area contributed by atoms with Crippen LogP contribution < -0.4 is 4.83 Å². The molecule has 1 atom stereocenters. The van der Waals surface area contributed by atoms with Crippen LogP contribution in [0.3, 0.4) is 0 Å². The third-order valence-electron chi connectivity index (χ3n) is 2.21. The molecule has 0 radical (unpaired) electrons. The first kappa shape index (κ1) is 12.4. The molecule has 1 rings (SSSR count). The van der Waals surface area contributed by atoms with E-state index in [2.05, 4.69) is 4.74 Å². The van der Waals surface area contributed by atoms with Crippen molar-refractivity contribution < 1.29 is 22.5 Å². The molecular weight excluding hydrogens is 224 g/mol. The predicted octanol–water partition coefficient (Wildman–Crippen LogP) is -0.679. The number of hydrogen-bond acceptors (Lipinski definition) is 5. The summed E-state index contributed by atoms with van der Waals surface area (Å²) in [6.45, 7) is 0.375. The minimum atomic E-state index is -4.33. The second-order valence-electron chi connectivity index (χ2n) is 3.29. The van der Waals surface area contributed by atoms with Gasteiger partial charge in [0.2, 0.25) is 0 Å². The number of nitrogens with one attached hydrogen (secondary N) is 1. The summed E-state index contributed by atoms with van der Waals surface area (Å²) in [6, 6.07) is -0.661. The van der Waals surface area contributed by atoms with Crippen LogP contribution >= 0.6 is 0 Å². The largest absolute Gasteiger partial charge is 0.468 e. The van der Waals surface area contributed by atoms with E-state index in [1.165, 1.54) is 12.1 Å². The minimum Gasteiger partial charge on any atom is -0.468 e. The van der Waals surface area contributed by atoms with Gasteiger partial charge < -0.3 is 4.74 Å². The average molecular weight is 238 g/mol. The number of ether oxygens (including phenoxy) is 1. The van der Waals surface area contributed by atoms with Gasteiger partial charge in [-0.3, -0.25) is 9.35 Å². The van der Waals surface area contributed by atoms with Crippen molar-refractivity contribution in [2.24, 2.45) is 0 Å². The maximum absolute atomic E-state index is 11.3. The summed E-state index contributed by atoms with van der Waals surface area (Å²) in [6.07, 6.45) is 2.09. The highest BCUT2D eigenvalue weighted by Gasteiger charge is 2.31. The summed E-state index contributed by atoms with van der Waals surface area (Å²) in [4.78, 5) is 13.2. The molecule has 15 heavy (non-hydrogen) atoms. The van der Waals surface area contributed by atoms with Crippen LogP contribution in [-0.4, -0.2) is 43.6 Å². The zero-order valence-corrected chi connectivity index (χ0v) is 9.16. The van der Waals surface area contributed by atoms with Crippen LogP contribution in [0.1, 0.15) is 19.3 Å². The summed E-state index contributed by atoms with van der Waals surface area (Å²) in [5, 5.41) is 1.19. The fraction of sp³-hybridized carbons (Fsp3) is 0.857. The van der Waals surface area contributed by atoms with Crippen LogP contribution in [-0.2, 0) is 19.8 Å². The summed E-state index contributed by atoms with van der Waals surface area (Å²) < 4.78 is 34.4. The lowest BCUT2D eigenvalue weighted by molar-refractivity contribution is -0.149. The van der Waals surface area contributed by atoms with Crippen molar-refractivity contribution >= 4 is 16.3 Å². The van der Waals surface area contributed by atoms with Crippen molar-refractivity contribution in [1.82, 2.24) is 9.84 Å². The zero-order valence-electron chi connectivity index (χ0n) is 8.34. The minimum absolute atomic E-state index is 0.375. The quantitative estimate of drug-likeness (QED) is 0.499. The van der Waals surface area contributed by atoms with E-state index >= 15 is 0 Å². The predicted molar refractivity (Wildman–Crippen MR) is 51.0 cm³/mol. The van der Waals surface area contributed by atoms with Crippen LogP contribution in [0.25, 0.3) is 0 Å². The third-order valence-corrected chi connectivity index (χ3v) is 2.67. The van der Waals surface area contributed by atoms with Gasteiger partial charge in [-0.25, -0.2) is 5.01 Å². The number of carbonyl (C=O) groups is 1. The van der Waals surface area contributed by atoms with E-state index in [0.717, 1.165) is 12.8 Å². The van der Waals surface area contributed by atoms with Crippen LogP contribution in [0.15, 0.2) is 0 Å². The van der Waals surface area contributed by atoms with Gasteiger partial charge in [0.15, 0.2) is 0 Å². The summed E-state index contributed by atoms with van der Waals surface area (Å²) >= 11 is 0. The van der Waals surface area contributed by atoms with Crippen LogP contribution in [0, 0.1) is 0 Å². The molecule has 0 aliphatic carbocycles. The first-order valence-electron chi connectivity index (χ1n) is 4.53. The van der Waals surface area contributed by atoms with Gasteiger partial charge in [-0.15, -0.1) is 4.83 Å². The smallest absolute Gasteiger partial charge is 0.346 e. The number of piperidine rings is 1. The molecule has 1 heterocycles. The molecule has 2 N–H and O–H groups in total. The van der Waals surface area contributed by atoms with Gasteiger partial charge in [0.05, 0.1) is 7.11 Å². The van der Waals surface area contributed by atoms with Crippen molar-refractivity contribution in [3.8, 4) is 0 Å². The number of hydrazine groups is 1. The second-order valence-corrected chi connectivity index (χ2v) is 4.43. The number of methoxy groups -OCH3 is 1. The summed E-state index contributed by atoms with van der Waals surface area (Å²) in [7, 11) is -3.09. The Bertz CT molecular complexity index is 328. The Labute approximate surface area is 88.2 Å². The fourth-order valence-corrected chi connectivity index (χ4v) is 2.08. The fourth-order valence-electron chi connectivity index (χ4n) is 1.57. The molecule has 1 fully saturated rings. The van der Waals surface area contributed by atoms with Crippen LogP contribution in [0.2, 0.25) is 0 Å². The van der Waals surface area contributed by atoms with E-state index in [9.17, 15) is 13.2 Å². The topological polar surface area (TPSA) is 95.9 Å². The summed E-state index contributed by atoms with van der Waals surface area (Å²) in [5.74, 6) is -0.508. The van der Waals surface area contributed by atoms with E-state index in [-0.39, 0.29) is 0 Å². The standard InChI is InChI=1S/C7H14N2O5S/c1-14-7(10)6-4-2-3-5-9(6)8-15(11,12)13/h6,8H,2-5H2,1H3,(H,11,12,13). The highest BCUT2D eigenvalue weighted by molar-refractivity contribution is 7.83. The van der Waals surface area contributed by atoms with Crippen molar-refractivity contribution in [2.45, 2.75) is 25.3 Å². The Hall–Kier alpha value is -0.700. The lowest BCUT2D eigenvalue weighted by Crippen LogP contribution is -2.54. The van der Waals surface area contributed by atoms with E-state index in [1.54, 1.807) is 0 Å². The monoisotopic (exact) mass is 238 g/mol. The van der Waals surface area contributed by atoms with Gasteiger partial charge in [-0.1, -0.05) is 0 Å². The molecule has 0 spiro atoms. The Morgan fingerprint density at radius 2 is 2.20 bits per heavy atom. The van der Waals surface area contributed by atoms with Gasteiger partial charge >= 0.3 is 16.3 Å². The molecular formula is C7H14N2O5S. The number of rotatable bonds is 3. The molecule has 0 aromatic heterocycles. The van der Waals surface area contributed by atoms with Crippen molar-refractivity contribution in [3.63, 3.8) is 0 Å². The molecule has 1 unspecified atom stereocenters. The Balaban J connectivity index is 2.70. The Morgan fingerprint density at radius 1 is 1.53 bits per heavy atom. The highest BCUT2D eigenvalue weighted by Crippen LogP contribution is 2.16. The normalized spacial score (nSPS) is 23.7. The van der Waals surface area contributed by atoms with Crippen molar-refractivity contribution in [2.75, 3.05) is 13.7 Å². The van der Waals surface area contributed by atoms with Gasteiger partial charge in [0, 0.05) is 6.54 Å². The molecule has 0 saturated carbocycles. The first-order valence-corrected chi connectivity index (χ1v) is 5.97.